The first kappa shape index (κ1) is 24.4. The molecule has 3 aromatic heterocycles. The zero-order valence-corrected chi connectivity index (χ0v) is 21.1. The maximum Gasteiger partial charge on any atom is 0.416 e. The Morgan fingerprint density at radius 1 is 1.11 bits per heavy atom. The van der Waals surface area contributed by atoms with Crippen molar-refractivity contribution in [2.45, 2.75) is 25.6 Å². The molecule has 1 aliphatic rings. The normalized spacial score (nSPS) is 16.3. The van der Waals surface area contributed by atoms with Crippen molar-refractivity contribution >= 4 is 44.2 Å². The lowest BCUT2D eigenvalue weighted by Gasteiger charge is -2.33. The molecule has 0 bridgehead atoms. The highest BCUT2D eigenvalue weighted by Gasteiger charge is 2.30. The minimum absolute atomic E-state index is 0.0185. The summed E-state index contributed by atoms with van der Waals surface area (Å²) >= 11 is 1.70. The van der Waals surface area contributed by atoms with Gasteiger partial charge >= 0.3 is 6.18 Å². The molecule has 5 aromatic rings. The van der Waals surface area contributed by atoms with Crippen molar-refractivity contribution < 1.29 is 18.0 Å². The van der Waals surface area contributed by atoms with Crippen molar-refractivity contribution in [3.05, 3.63) is 77.4 Å². The number of hydrogen-bond donors (Lipinski definition) is 2. The van der Waals surface area contributed by atoms with E-state index in [-0.39, 0.29) is 11.8 Å². The molecule has 1 amide bonds. The van der Waals surface area contributed by atoms with Gasteiger partial charge in [0.1, 0.15) is 17.8 Å². The van der Waals surface area contributed by atoms with Gasteiger partial charge in [0.2, 0.25) is 5.91 Å². The van der Waals surface area contributed by atoms with Gasteiger partial charge in [-0.15, -0.1) is 11.3 Å². The molecular formula is C28H24F3N5OS. The number of carbonyl (C=O) groups excluding carboxylic acids is 1. The Kier molecular flexibility index (Phi) is 6.27. The highest BCUT2D eigenvalue weighted by Crippen LogP contribution is 2.34. The number of carbonyl (C=O) groups is 1. The number of halogens is 3. The lowest BCUT2D eigenvalue weighted by Crippen LogP contribution is -2.43. The predicted molar refractivity (Wildman–Crippen MR) is 143 cm³/mol. The van der Waals surface area contributed by atoms with E-state index in [0.29, 0.717) is 35.8 Å². The smallest absolute Gasteiger partial charge is 0.355 e. The zero-order valence-electron chi connectivity index (χ0n) is 20.3. The number of nitrogens with zero attached hydrogens (tertiary/aromatic N) is 3. The SMILES string of the molecule is O=C(NCc1ccc2sccc2c1)[C@H]1CCCN(c2ncnc3[nH]c(-c4ccc(C(F)(F)F)cc4)cc23)C1. The number of rotatable bonds is 5. The van der Waals surface area contributed by atoms with E-state index in [2.05, 4.69) is 48.7 Å². The molecule has 1 fully saturated rings. The fourth-order valence-electron chi connectivity index (χ4n) is 5.02. The minimum atomic E-state index is -4.38. The summed E-state index contributed by atoms with van der Waals surface area (Å²) in [5, 5.41) is 7.11. The Morgan fingerprint density at radius 2 is 1.95 bits per heavy atom. The highest BCUT2D eigenvalue weighted by atomic mass is 32.1. The maximum absolute atomic E-state index is 13.1. The molecule has 4 heterocycles. The third-order valence-corrected chi connectivity index (χ3v) is 7.90. The van der Waals surface area contributed by atoms with Gasteiger partial charge in [-0.25, -0.2) is 9.97 Å². The summed E-state index contributed by atoms with van der Waals surface area (Å²) in [5.74, 6) is 0.557. The maximum atomic E-state index is 13.1. The standard InChI is InChI=1S/C28H24F3N5OS/c29-28(30,31)21-6-4-18(5-7-21)23-13-22-25(35-23)33-16-34-26(22)36-10-1-2-20(15-36)27(37)32-14-17-3-8-24-19(12-17)9-11-38-24/h3-9,11-13,16,20H,1-2,10,14-15H2,(H,32,37)(H,33,34,35)/t20-/m0/s1. The van der Waals surface area contributed by atoms with Crippen molar-refractivity contribution in [2.75, 3.05) is 18.0 Å². The Bertz CT molecular complexity index is 1610. The highest BCUT2D eigenvalue weighted by molar-refractivity contribution is 7.17. The van der Waals surface area contributed by atoms with Crippen LogP contribution in [0.5, 0.6) is 0 Å². The number of nitrogens with one attached hydrogen (secondary N) is 2. The number of aromatic nitrogens is 3. The van der Waals surface area contributed by atoms with Gasteiger partial charge < -0.3 is 15.2 Å². The number of aromatic amines is 1. The van der Waals surface area contributed by atoms with Crippen LogP contribution in [0.15, 0.2) is 66.3 Å². The van der Waals surface area contributed by atoms with Gasteiger partial charge in [0.15, 0.2) is 0 Å². The van der Waals surface area contributed by atoms with Gasteiger partial charge in [-0.3, -0.25) is 4.79 Å². The molecule has 38 heavy (non-hydrogen) atoms. The van der Waals surface area contributed by atoms with Crippen LogP contribution in [0.2, 0.25) is 0 Å². The molecule has 0 spiro atoms. The second kappa shape index (κ2) is 9.75. The summed E-state index contributed by atoms with van der Waals surface area (Å²) < 4.78 is 40.1. The van der Waals surface area contributed by atoms with E-state index in [1.165, 1.54) is 28.5 Å². The average Bonchev–Trinajstić information content (AvgIpc) is 3.58. The summed E-state index contributed by atoms with van der Waals surface area (Å²) in [6.45, 7) is 1.76. The number of H-pyrrole nitrogens is 1. The van der Waals surface area contributed by atoms with Crippen LogP contribution in [0.1, 0.15) is 24.0 Å². The lowest BCUT2D eigenvalue weighted by molar-refractivity contribution is -0.137. The number of anilines is 1. The average molecular weight is 536 g/mol. The second-order valence-corrected chi connectivity index (χ2v) is 10.5. The quantitative estimate of drug-likeness (QED) is 0.274. The largest absolute Gasteiger partial charge is 0.416 e. The van der Waals surface area contributed by atoms with E-state index in [1.807, 2.05) is 12.1 Å². The molecule has 10 heteroatoms. The van der Waals surface area contributed by atoms with Crippen LogP contribution in [-0.2, 0) is 17.5 Å². The molecule has 0 unspecified atom stereocenters. The Hall–Kier alpha value is -3.92. The molecule has 2 N–H and O–H groups in total. The van der Waals surface area contributed by atoms with Crippen LogP contribution in [0, 0.1) is 5.92 Å². The summed E-state index contributed by atoms with van der Waals surface area (Å²) in [5.41, 5.74) is 2.25. The third kappa shape index (κ3) is 4.83. The number of fused-ring (bicyclic) bond motifs is 2. The van der Waals surface area contributed by atoms with Gasteiger partial charge in [-0.2, -0.15) is 13.2 Å². The van der Waals surface area contributed by atoms with E-state index in [1.54, 1.807) is 11.3 Å². The third-order valence-electron chi connectivity index (χ3n) is 7.00. The molecule has 0 saturated carbocycles. The van der Waals surface area contributed by atoms with Crippen molar-refractivity contribution in [1.29, 1.82) is 0 Å². The summed E-state index contributed by atoms with van der Waals surface area (Å²) in [4.78, 5) is 27.2. The van der Waals surface area contributed by atoms with Crippen LogP contribution in [0.4, 0.5) is 19.0 Å². The Morgan fingerprint density at radius 3 is 2.76 bits per heavy atom. The fraction of sp³-hybridized carbons (Fsp3) is 0.250. The summed E-state index contributed by atoms with van der Waals surface area (Å²) in [6, 6.07) is 15.2. The number of thiophene rings is 1. The number of benzene rings is 2. The number of piperidine rings is 1. The minimum Gasteiger partial charge on any atom is -0.355 e. The van der Waals surface area contributed by atoms with Crippen LogP contribution >= 0.6 is 11.3 Å². The number of alkyl halides is 3. The van der Waals surface area contributed by atoms with Crippen molar-refractivity contribution in [2.24, 2.45) is 5.92 Å². The van der Waals surface area contributed by atoms with E-state index in [4.69, 9.17) is 0 Å². The summed E-state index contributed by atoms with van der Waals surface area (Å²) in [6.07, 6.45) is -1.27. The molecule has 6 nitrogen and oxygen atoms in total. The Labute approximate surface area is 220 Å². The van der Waals surface area contributed by atoms with Gasteiger partial charge in [0.05, 0.1) is 16.9 Å². The second-order valence-electron chi connectivity index (χ2n) is 9.51. The first-order chi connectivity index (χ1) is 18.3. The van der Waals surface area contributed by atoms with Gasteiger partial charge in [0.25, 0.3) is 0 Å². The summed E-state index contributed by atoms with van der Waals surface area (Å²) in [7, 11) is 0. The van der Waals surface area contributed by atoms with Crippen LogP contribution in [0.3, 0.4) is 0 Å². The van der Waals surface area contributed by atoms with E-state index < -0.39 is 11.7 Å². The van der Waals surface area contributed by atoms with Crippen molar-refractivity contribution in [3.8, 4) is 11.3 Å². The van der Waals surface area contributed by atoms with Crippen LogP contribution in [-0.4, -0.2) is 33.9 Å². The molecule has 0 radical (unpaired) electrons. The van der Waals surface area contributed by atoms with Crippen molar-refractivity contribution in [3.63, 3.8) is 0 Å². The molecular weight excluding hydrogens is 511 g/mol. The predicted octanol–water partition coefficient (Wildman–Crippen LogP) is 6.39. The molecule has 1 saturated heterocycles. The number of hydrogen-bond acceptors (Lipinski definition) is 5. The number of amides is 1. The molecule has 2 aromatic carbocycles. The monoisotopic (exact) mass is 535 g/mol. The van der Waals surface area contributed by atoms with Gasteiger partial charge in [0, 0.05) is 30.0 Å². The zero-order chi connectivity index (χ0) is 26.3. The molecule has 1 atom stereocenters. The van der Waals surface area contributed by atoms with Gasteiger partial charge in [-0.05, 0) is 71.1 Å². The topological polar surface area (TPSA) is 73.9 Å². The fourth-order valence-corrected chi connectivity index (χ4v) is 5.79. The molecule has 1 aliphatic heterocycles. The molecule has 194 valence electrons. The van der Waals surface area contributed by atoms with E-state index >= 15 is 0 Å². The van der Waals surface area contributed by atoms with E-state index in [9.17, 15) is 18.0 Å². The lowest BCUT2D eigenvalue weighted by atomic mass is 9.96. The Balaban J connectivity index is 1.17. The van der Waals surface area contributed by atoms with Crippen molar-refractivity contribution in [1.82, 2.24) is 20.3 Å². The van der Waals surface area contributed by atoms with E-state index in [0.717, 1.165) is 42.5 Å². The van der Waals surface area contributed by atoms with Crippen LogP contribution in [0.25, 0.3) is 32.4 Å². The first-order valence-corrected chi connectivity index (χ1v) is 13.2. The molecule has 0 aliphatic carbocycles. The van der Waals surface area contributed by atoms with Gasteiger partial charge in [-0.1, -0.05) is 18.2 Å². The molecule has 6 rings (SSSR count). The first-order valence-electron chi connectivity index (χ1n) is 12.4. The van der Waals surface area contributed by atoms with Crippen LogP contribution < -0.4 is 10.2 Å².